The smallest absolute Gasteiger partial charge is 0 e. The summed E-state index contributed by atoms with van der Waals surface area (Å²) < 4.78 is 0. The lowest BCUT2D eigenvalue weighted by molar-refractivity contribution is -0.00100. The van der Waals surface area contributed by atoms with Crippen LogP contribution in [0.1, 0.15) is 0 Å². The quantitative estimate of drug-likeness (QED) is 0.286. The molecule has 0 aliphatic heterocycles. The van der Waals surface area contributed by atoms with Gasteiger partial charge in [0.1, 0.15) is 0 Å². The Morgan fingerprint density at radius 2 is 0.333 bits per heavy atom. The van der Waals surface area contributed by atoms with E-state index in [4.69, 9.17) is 0 Å². The van der Waals surface area contributed by atoms with Gasteiger partial charge in [-0.25, -0.2) is 0 Å². The van der Waals surface area contributed by atoms with Gasteiger partial charge in [0.05, 0.1) is 0 Å². The van der Waals surface area contributed by atoms with E-state index in [2.05, 4.69) is 0 Å². The molecule has 0 unspecified atom stereocenters. The first-order chi connectivity index (χ1) is 0. The van der Waals surface area contributed by atoms with Crippen molar-refractivity contribution in [1.82, 2.24) is 0 Å². The molecule has 6 heavy (non-hydrogen) atoms. The van der Waals surface area contributed by atoms with E-state index in [-0.39, 0.29) is 35.9 Å². The van der Waals surface area contributed by atoms with Crippen molar-refractivity contribution in [2.24, 2.45) is 0 Å². The van der Waals surface area contributed by atoms with Crippen LogP contribution in [0.3, 0.4) is 0 Å². The van der Waals surface area contributed by atoms with E-state index < -0.39 is 0 Å². The topological polar surface area (TPSA) is 0 Å². The third-order valence-corrected chi connectivity index (χ3v) is 0. The molecular formula is ClF5-5. The van der Waals surface area contributed by atoms with E-state index in [1.807, 2.05) is 0 Å². The van der Waals surface area contributed by atoms with Crippen LogP contribution in [0.5, 0.6) is 0 Å². The van der Waals surface area contributed by atoms with Gasteiger partial charge in [-0.1, -0.05) is 0 Å². The SMILES string of the molecule is [Cl].[F-].[F-].[F-].[F-].[F-]. The van der Waals surface area contributed by atoms with E-state index >= 15 is 0 Å². The van der Waals surface area contributed by atoms with Gasteiger partial charge in [0.15, 0.2) is 0 Å². The molecule has 0 aliphatic rings. The molecule has 1 radical (unpaired) electrons. The summed E-state index contributed by atoms with van der Waals surface area (Å²) in [6.45, 7) is 0. The van der Waals surface area contributed by atoms with Crippen molar-refractivity contribution in [3.05, 3.63) is 0 Å². The van der Waals surface area contributed by atoms with Crippen LogP contribution >= 0.6 is 12.4 Å². The van der Waals surface area contributed by atoms with Gasteiger partial charge in [-0.15, -0.1) is 0 Å². The van der Waals surface area contributed by atoms with Gasteiger partial charge >= 0.3 is 0 Å². The van der Waals surface area contributed by atoms with E-state index in [9.17, 15) is 0 Å². The first kappa shape index (κ1) is 40300. The van der Waals surface area contributed by atoms with Crippen LogP contribution in [0.15, 0.2) is 0 Å². The molecule has 0 bridgehead atoms. The van der Waals surface area contributed by atoms with Crippen molar-refractivity contribution in [3.63, 3.8) is 0 Å². The van der Waals surface area contributed by atoms with Crippen LogP contribution in [0.25, 0.3) is 0 Å². The molecule has 0 rings (SSSR count). The lowest BCUT2D eigenvalue weighted by Crippen LogP contribution is -3.00. The summed E-state index contributed by atoms with van der Waals surface area (Å²) in [5.41, 5.74) is 0. The van der Waals surface area contributed by atoms with Gasteiger partial charge in [0.2, 0.25) is 0 Å². The summed E-state index contributed by atoms with van der Waals surface area (Å²) in [4.78, 5) is 0. The summed E-state index contributed by atoms with van der Waals surface area (Å²) in [5, 5.41) is 0. The summed E-state index contributed by atoms with van der Waals surface area (Å²) in [6.07, 6.45) is 0. The third-order valence-electron chi connectivity index (χ3n) is 0. The highest BCUT2D eigenvalue weighted by Crippen LogP contribution is 0.690. The lowest BCUT2D eigenvalue weighted by Gasteiger charge is -1.00. The monoisotopic (exact) mass is 130 g/mol. The minimum absolute atomic E-state index is 0. The maximum atomic E-state index is 0. The highest BCUT2D eigenvalue weighted by atomic mass is 35.5. The Labute approximate surface area is 37.2 Å². The molecule has 0 aliphatic carbocycles. The summed E-state index contributed by atoms with van der Waals surface area (Å²) in [6, 6.07) is 0. The highest BCUT2D eigenvalue weighted by molar-refractivity contribution is 5.85. The van der Waals surface area contributed by atoms with Crippen LogP contribution in [-0.2, 0) is 0 Å². The van der Waals surface area contributed by atoms with E-state index in [0.717, 1.165) is 0 Å². The molecule has 0 aromatic heterocycles. The van der Waals surface area contributed by atoms with Crippen LogP contribution in [0, 0.1) is 0 Å². The minimum Gasteiger partial charge on any atom is -1.00 e. The van der Waals surface area contributed by atoms with Crippen molar-refractivity contribution in [1.29, 1.82) is 0 Å². The second kappa shape index (κ2) is 21300. The summed E-state index contributed by atoms with van der Waals surface area (Å²) >= 11 is 0. The molecule has 0 atom stereocenters. The molecule has 0 aromatic rings. The molecule has 0 spiro atoms. The Bertz CT molecular complexity index is 3.90. The minimum atomic E-state index is 0. The number of hydrogen-bond acceptors (Lipinski definition) is 0. The molecule has 47 valence electrons. The maximum Gasteiger partial charge on any atom is 0 e. The van der Waals surface area contributed by atoms with Gasteiger partial charge in [0, 0.05) is 12.4 Å². The molecule has 0 saturated heterocycles. The van der Waals surface area contributed by atoms with Gasteiger partial charge in [-0.05, 0) is 0 Å². The predicted octanol–water partition coefficient (Wildman–Crippen LogP) is -14.3. The average Bonchev–Trinajstić information content (AvgIpc) is 0. The Morgan fingerprint density at radius 3 is 0.333 bits per heavy atom. The molecule has 0 heterocycles. The Hall–Kier alpha value is -0.0600. The fraction of sp³-hybridized carbons (Fsp3) is 0. The van der Waals surface area contributed by atoms with Gasteiger partial charge < -0.3 is 23.5 Å². The van der Waals surface area contributed by atoms with Crippen molar-refractivity contribution in [2.75, 3.05) is 0 Å². The fourth-order valence-electron chi connectivity index (χ4n) is 0. The molecule has 0 aromatic carbocycles. The Morgan fingerprint density at radius 1 is 0.333 bits per heavy atom. The van der Waals surface area contributed by atoms with E-state index in [0.29, 0.717) is 0 Å². The Balaban J connectivity index is 0. The molecule has 0 saturated carbocycles. The van der Waals surface area contributed by atoms with E-state index in [1.54, 1.807) is 0 Å². The number of halogens is 6. The zero-order valence-electron chi connectivity index (χ0n) is 2.27. The van der Waals surface area contributed by atoms with Crippen molar-refractivity contribution < 1.29 is 23.5 Å². The zero-order valence-corrected chi connectivity index (χ0v) is 3.02. The maximum absolute atomic E-state index is 0. The van der Waals surface area contributed by atoms with Crippen LogP contribution in [0.4, 0.5) is 0 Å². The third kappa shape index (κ3) is 9460. The van der Waals surface area contributed by atoms with Crippen LogP contribution in [-0.4, -0.2) is 0 Å². The number of hydrogen-bond donors (Lipinski definition) is 0. The second-order valence-electron chi connectivity index (χ2n) is 0. The lowest BCUT2D eigenvalue weighted by atomic mass is 19.0. The summed E-state index contributed by atoms with van der Waals surface area (Å²) in [7, 11) is 0. The first-order valence-corrected chi connectivity index (χ1v) is 0. The molecule has 0 nitrogen and oxygen atoms in total. The largest absolute Gasteiger partial charge is 1.00 e. The second-order valence-corrected chi connectivity index (χ2v) is 0. The van der Waals surface area contributed by atoms with Gasteiger partial charge in [0.25, 0.3) is 0 Å². The van der Waals surface area contributed by atoms with Gasteiger partial charge in [-0.3, -0.25) is 0 Å². The predicted molar refractivity (Wildman–Crippen MR) is 5.85 cm³/mol. The molecule has 0 fully saturated rings. The van der Waals surface area contributed by atoms with Crippen LogP contribution in [0.2, 0.25) is 0 Å². The zero-order chi connectivity index (χ0) is 0. The molecule has 0 amide bonds. The fourth-order valence-corrected chi connectivity index (χ4v) is 0. The normalized spacial score (nSPS) is 0. The van der Waals surface area contributed by atoms with Crippen LogP contribution < -0.4 is 23.5 Å². The number of rotatable bonds is 0. The average molecular weight is 130 g/mol. The Kier molecular flexibility index (Phi) is 143000000. The molecule has 6 heteroatoms. The summed E-state index contributed by atoms with van der Waals surface area (Å²) in [5.74, 6) is 0. The van der Waals surface area contributed by atoms with E-state index in [1.165, 1.54) is 0 Å². The molecular weight excluding hydrogens is 130 g/mol. The van der Waals surface area contributed by atoms with Gasteiger partial charge in [-0.2, -0.15) is 0 Å². The van der Waals surface area contributed by atoms with Crippen molar-refractivity contribution >= 4 is 12.4 Å². The first-order valence-electron chi connectivity index (χ1n) is 0. The van der Waals surface area contributed by atoms with Crippen molar-refractivity contribution in [3.8, 4) is 0 Å². The standard InChI is InChI=1S/Cl.5FH/h;5*1H/p-5. The van der Waals surface area contributed by atoms with Crippen molar-refractivity contribution in [2.45, 2.75) is 0 Å². The highest BCUT2D eigenvalue weighted by Gasteiger charge is 0.00000502. The molecule has 0 N–H and O–H groups in total.